The highest BCUT2D eigenvalue weighted by Crippen LogP contribution is 2.27. The average molecular weight is 304 g/mol. The lowest BCUT2D eigenvalue weighted by atomic mass is 9.89. The molecule has 22 heavy (non-hydrogen) atoms. The molecule has 2 aromatic heterocycles. The van der Waals surface area contributed by atoms with E-state index in [2.05, 4.69) is 30.9 Å². The van der Waals surface area contributed by atoms with E-state index in [1.165, 1.54) is 11.6 Å². The van der Waals surface area contributed by atoms with Crippen molar-refractivity contribution in [3.63, 3.8) is 0 Å². The molecule has 0 fully saturated rings. The molecule has 0 N–H and O–H groups in total. The Bertz CT molecular complexity index is 922. The van der Waals surface area contributed by atoms with Crippen LogP contribution in [0.5, 0.6) is 0 Å². The highest BCUT2D eigenvalue weighted by atomic mass is 16.2. The zero-order valence-corrected chi connectivity index (χ0v) is 13.7. The van der Waals surface area contributed by atoms with Crippen molar-refractivity contribution in [2.45, 2.75) is 27.3 Å². The first kappa shape index (κ1) is 14.6. The first-order valence-corrected chi connectivity index (χ1v) is 7.11. The third-order valence-corrected chi connectivity index (χ3v) is 4.06. The van der Waals surface area contributed by atoms with E-state index in [0.717, 1.165) is 10.3 Å². The summed E-state index contributed by atoms with van der Waals surface area (Å²) in [6.45, 7) is 6.74. The molecule has 0 atom stereocenters. The third-order valence-electron chi connectivity index (χ3n) is 4.06. The number of aromatic nitrogens is 4. The van der Waals surface area contributed by atoms with Crippen LogP contribution >= 0.6 is 0 Å². The van der Waals surface area contributed by atoms with Gasteiger partial charge in [0.05, 0.1) is 12.3 Å². The first-order valence-electron chi connectivity index (χ1n) is 7.11. The normalized spacial score (nSPS) is 15.2. The van der Waals surface area contributed by atoms with Crippen LogP contribution in [0.2, 0.25) is 0 Å². The number of fused-ring (bicyclic) bond motifs is 3. The minimum absolute atomic E-state index is 0.117. The molecular formula is C14H20N6O2. The highest BCUT2D eigenvalue weighted by molar-refractivity contribution is 5.93. The summed E-state index contributed by atoms with van der Waals surface area (Å²) in [5, 5.41) is 6.23. The maximum Gasteiger partial charge on any atom is 0.332 e. The average Bonchev–Trinajstić information content (AvgIpc) is 2.82. The van der Waals surface area contributed by atoms with E-state index in [1.54, 1.807) is 19.1 Å². The Morgan fingerprint density at radius 2 is 1.68 bits per heavy atom. The van der Waals surface area contributed by atoms with Crippen molar-refractivity contribution in [1.82, 2.24) is 18.7 Å². The molecule has 0 unspecified atom stereocenters. The van der Waals surface area contributed by atoms with E-state index in [-0.39, 0.29) is 16.7 Å². The van der Waals surface area contributed by atoms with Gasteiger partial charge < -0.3 is 0 Å². The van der Waals surface area contributed by atoms with E-state index in [1.807, 2.05) is 4.57 Å². The van der Waals surface area contributed by atoms with Crippen LogP contribution in [-0.2, 0) is 20.6 Å². The summed E-state index contributed by atoms with van der Waals surface area (Å²) in [6, 6.07) is 0. The van der Waals surface area contributed by atoms with E-state index in [4.69, 9.17) is 0 Å². The molecule has 0 aliphatic carbocycles. The van der Waals surface area contributed by atoms with Gasteiger partial charge in [0.1, 0.15) is 0 Å². The third kappa shape index (κ3) is 1.83. The van der Waals surface area contributed by atoms with Crippen molar-refractivity contribution in [1.29, 1.82) is 0 Å². The Morgan fingerprint density at radius 3 is 2.27 bits per heavy atom. The van der Waals surface area contributed by atoms with Gasteiger partial charge in [-0.2, -0.15) is 10.1 Å². The van der Waals surface area contributed by atoms with Crippen LogP contribution in [0.15, 0.2) is 14.7 Å². The van der Waals surface area contributed by atoms with Gasteiger partial charge in [0, 0.05) is 26.6 Å². The fourth-order valence-electron chi connectivity index (χ4n) is 2.63. The molecule has 0 spiro atoms. The van der Waals surface area contributed by atoms with Crippen LogP contribution in [-0.4, -0.2) is 31.4 Å². The van der Waals surface area contributed by atoms with Gasteiger partial charge in [-0.05, 0) is 0 Å². The Morgan fingerprint density at radius 1 is 1.05 bits per heavy atom. The fourth-order valence-corrected chi connectivity index (χ4v) is 2.63. The van der Waals surface area contributed by atoms with Gasteiger partial charge in [0.25, 0.3) is 5.56 Å². The number of hydrazone groups is 1. The molecule has 8 heteroatoms. The molecule has 3 heterocycles. The topological polar surface area (TPSA) is 77.4 Å². The minimum atomic E-state index is -0.382. The van der Waals surface area contributed by atoms with Crippen molar-refractivity contribution in [3.05, 3.63) is 20.8 Å². The van der Waals surface area contributed by atoms with Gasteiger partial charge in [0.15, 0.2) is 11.2 Å². The van der Waals surface area contributed by atoms with Gasteiger partial charge in [0.2, 0.25) is 5.95 Å². The molecule has 8 nitrogen and oxygen atoms in total. The number of rotatable bonds is 0. The zero-order valence-electron chi connectivity index (χ0n) is 13.7. The Balaban J connectivity index is 2.37. The molecular weight excluding hydrogens is 284 g/mol. The maximum absolute atomic E-state index is 12.5. The lowest BCUT2D eigenvalue weighted by molar-refractivity contribution is 0.554. The molecule has 0 amide bonds. The molecule has 0 saturated heterocycles. The number of hydrogen-bond acceptors (Lipinski definition) is 5. The van der Waals surface area contributed by atoms with E-state index in [9.17, 15) is 9.59 Å². The predicted molar refractivity (Wildman–Crippen MR) is 85.5 cm³/mol. The zero-order chi connectivity index (χ0) is 16.4. The van der Waals surface area contributed by atoms with Crippen LogP contribution in [0, 0.1) is 5.41 Å². The summed E-state index contributed by atoms with van der Waals surface area (Å²) >= 11 is 0. The highest BCUT2D eigenvalue weighted by Gasteiger charge is 2.29. The number of aryl methyl sites for hydroxylation is 1. The fraction of sp³-hybridized carbons (Fsp3) is 0.571. The van der Waals surface area contributed by atoms with Crippen LogP contribution in [0.3, 0.4) is 0 Å². The standard InChI is InChI=1S/C14H20N6O2/c1-14(2,3)8-7-20-9-10(15-12(20)19(6)16-8)17(4)13(22)18(5)11(9)21/h7H2,1-6H3. The second-order valence-electron chi connectivity index (χ2n) is 6.70. The smallest absolute Gasteiger partial charge is 0.297 e. The van der Waals surface area contributed by atoms with Crippen molar-refractivity contribution in [3.8, 4) is 0 Å². The van der Waals surface area contributed by atoms with Crippen LogP contribution in [0.1, 0.15) is 20.8 Å². The molecule has 0 radical (unpaired) electrons. The van der Waals surface area contributed by atoms with E-state index < -0.39 is 0 Å². The lowest BCUT2D eigenvalue weighted by Crippen LogP contribution is -2.39. The van der Waals surface area contributed by atoms with Crippen LogP contribution in [0.25, 0.3) is 11.2 Å². The molecule has 118 valence electrons. The lowest BCUT2D eigenvalue weighted by Gasteiger charge is -2.29. The predicted octanol–water partition coefficient (Wildman–Crippen LogP) is 0.286. The van der Waals surface area contributed by atoms with Crippen molar-refractivity contribution in [2.24, 2.45) is 24.6 Å². The second-order valence-corrected chi connectivity index (χ2v) is 6.70. The summed E-state index contributed by atoms with van der Waals surface area (Å²) in [7, 11) is 4.90. The Kier molecular flexibility index (Phi) is 2.85. The quantitative estimate of drug-likeness (QED) is 0.701. The molecule has 0 aromatic carbocycles. The monoisotopic (exact) mass is 304 g/mol. The minimum Gasteiger partial charge on any atom is -0.297 e. The van der Waals surface area contributed by atoms with Crippen LogP contribution in [0.4, 0.5) is 5.95 Å². The Hall–Kier alpha value is -2.38. The maximum atomic E-state index is 12.5. The number of anilines is 1. The summed E-state index contributed by atoms with van der Waals surface area (Å²) in [5.74, 6) is 0.571. The number of nitrogens with zero attached hydrogens (tertiary/aromatic N) is 6. The Labute approximate surface area is 127 Å². The number of imidazole rings is 1. The molecule has 1 aliphatic rings. The van der Waals surface area contributed by atoms with Gasteiger partial charge in [-0.15, -0.1) is 0 Å². The summed E-state index contributed by atoms with van der Waals surface area (Å²) < 4.78 is 4.34. The van der Waals surface area contributed by atoms with Crippen molar-refractivity contribution < 1.29 is 0 Å². The number of hydrogen-bond donors (Lipinski definition) is 0. The summed E-state index contributed by atoms with van der Waals surface area (Å²) in [6.07, 6.45) is 0. The van der Waals surface area contributed by atoms with Gasteiger partial charge >= 0.3 is 5.69 Å². The summed E-state index contributed by atoms with van der Waals surface area (Å²) in [4.78, 5) is 29.0. The molecule has 2 aromatic rings. The molecule has 3 rings (SSSR count). The van der Waals surface area contributed by atoms with E-state index >= 15 is 0 Å². The largest absolute Gasteiger partial charge is 0.332 e. The van der Waals surface area contributed by atoms with E-state index in [0.29, 0.717) is 23.7 Å². The first-order chi connectivity index (χ1) is 10.1. The van der Waals surface area contributed by atoms with Crippen LogP contribution < -0.4 is 16.3 Å². The second kappa shape index (κ2) is 4.31. The molecule has 0 saturated carbocycles. The molecule has 1 aliphatic heterocycles. The molecule has 0 bridgehead atoms. The van der Waals surface area contributed by atoms with Crippen molar-refractivity contribution in [2.75, 3.05) is 12.1 Å². The SMILES string of the molecule is CN1N=C(C(C)(C)C)Cn2c1nc1c2c(=O)n(C)c(=O)n1C. The summed E-state index contributed by atoms with van der Waals surface area (Å²) in [5.41, 5.74) is 0.947. The van der Waals surface area contributed by atoms with Gasteiger partial charge in [-0.25, -0.2) is 9.80 Å². The van der Waals surface area contributed by atoms with Gasteiger partial charge in [-0.1, -0.05) is 20.8 Å². The van der Waals surface area contributed by atoms with Crippen molar-refractivity contribution >= 4 is 22.8 Å². The van der Waals surface area contributed by atoms with Gasteiger partial charge in [-0.3, -0.25) is 18.5 Å².